The van der Waals surface area contributed by atoms with E-state index in [1.807, 2.05) is 0 Å². The van der Waals surface area contributed by atoms with Gasteiger partial charge in [-0.15, -0.1) is 0 Å². The summed E-state index contributed by atoms with van der Waals surface area (Å²) in [5.41, 5.74) is 5.82. The van der Waals surface area contributed by atoms with Gasteiger partial charge in [0.1, 0.15) is 10.7 Å². The van der Waals surface area contributed by atoms with Crippen LogP contribution < -0.4 is 10.5 Å². The predicted molar refractivity (Wildman–Crippen MR) is 67.9 cm³/mol. The van der Waals surface area contributed by atoms with Crippen molar-refractivity contribution in [2.24, 2.45) is 0 Å². The average Bonchev–Trinajstić information content (AvgIpc) is 2.95. The van der Waals surface area contributed by atoms with Crippen LogP contribution >= 0.6 is 0 Å². The smallest absolute Gasteiger partial charge is 0.267 e. The number of nitrogens with two attached hydrogens (primary N) is 1. The molecule has 0 spiro atoms. The van der Waals surface area contributed by atoms with E-state index in [1.165, 1.54) is 6.20 Å². The molecule has 0 aliphatic heterocycles. The molecule has 0 atom stereocenters. The van der Waals surface area contributed by atoms with E-state index in [1.54, 1.807) is 18.0 Å². The van der Waals surface area contributed by atoms with E-state index < -0.39 is 10.0 Å². The lowest BCUT2D eigenvalue weighted by atomic mass is 10.6. The molecule has 9 nitrogen and oxygen atoms in total. The molecule has 2 rings (SSSR count). The van der Waals surface area contributed by atoms with E-state index in [4.69, 9.17) is 10.5 Å². The maximum atomic E-state index is 12.0. The van der Waals surface area contributed by atoms with Gasteiger partial charge < -0.3 is 10.5 Å². The first kappa shape index (κ1) is 13.4. The van der Waals surface area contributed by atoms with E-state index in [2.05, 4.69) is 20.0 Å². The van der Waals surface area contributed by atoms with Gasteiger partial charge in [-0.3, -0.25) is 14.5 Å². The second-order valence-electron chi connectivity index (χ2n) is 3.74. The van der Waals surface area contributed by atoms with E-state index >= 15 is 0 Å². The summed E-state index contributed by atoms with van der Waals surface area (Å²) in [6.07, 6.45) is 4.11. The van der Waals surface area contributed by atoms with Crippen LogP contribution in [0.15, 0.2) is 23.5 Å². The molecule has 0 unspecified atom stereocenters. The topological polar surface area (TPSA) is 128 Å². The van der Waals surface area contributed by atoms with Gasteiger partial charge in [-0.05, 0) is 0 Å². The molecule has 104 valence electrons. The highest BCUT2D eigenvalue weighted by atomic mass is 32.2. The number of anilines is 2. The van der Waals surface area contributed by atoms with Gasteiger partial charge in [0, 0.05) is 13.3 Å². The van der Waals surface area contributed by atoms with Crippen molar-refractivity contribution in [3.05, 3.63) is 18.6 Å². The van der Waals surface area contributed by atoms with Crippen molar-refractivity contribution in [3.8, 4) is 0 Å². The molecule has 0 radical (unpaired) electrons. The van der Waals surface area contributed by atoms with E-state index in [0.29, 0.717) is 18.8 Å². The summed E-state index contributed by atoms with van der Waals surface area (Å²) in [5, 5.41) is 9.93. The summed E-state index contributed by atoms with van der Waals surface area (Å²) in [6, 6.07) is 0. The maximum Gasteiger partial charge on any atom is 0.267 e. The zero-order valence-electron chi connectivity index (χ0n) is 10.2. The molecule has 19 heavy (non-hydrogen) atoms. The fourth-order valence-electron chi connectivity index (χ4n) is 1.43. The number of ether oxygens (including phenoxy) is 1. The summed E-state index contributed by atoms with van der Waals surface area (Å²) in [5.74, 6) is -0.0146. The van der Waals surface area contributed by atoms with Crippen LogP contribution in [0, 0.1) is 0 Å². The number of aromatic amines is 1. The highest BCUT2D eigenvalue weighted by molar-refractivity contribution is 7.92. The van der Waals surface area contributed by atoms with E-state index in [9.17, 15) is 8.42 Å². The minimum Gasteiger partial charge on any atom is -0.383 e. The van der Waals surface area contributed by atoms with Crippen LogP contribution in [0.5, 0.6) is 0 Å². The molecule has 0 aromatic carbocycles. The first-order valence-corrected chi connectivity index (χ1v) is 6.84. The Bertz CT molecular complexity index is 646. The summed E-state index contributed by atoms with van der Waals surface area (Å²) in [7, 11) is -2.18. The van der Waals surface area contributed by atoms with Gasteiger partial charge in [0.25, 0.3) is 10.0 Å². The number of H-pyrrole nitrogens is 1. The number of hydrogen-bond acceptors (Lipinski definition) is 6. The van der Waals surface area contributed by atoms with Gasteiger partial charge >= 0.3 is 0 Å². The Balaban J connectivity index is 2.13. The number of nitrogens with one attached hydrogen (secondary N) is 2. The minimum absolute atomic E-state index is 0.0146. The second-order valence-corrected chi connectivity index (χ2v) is 5.39. The fraction of sp³-hybridized carbons (Fsp3) is 0.333. The number of methoxy groups -OCH3 is 1. The molecular weight excluding hydrogens is 272 g/mol. The van der Waals surface area contributed by atoms with Crippen LogP contribution in [0.2, 0.25) is 0 Å². The molecular formula is C9H14N6O3S. The van der Waals surface area contributed by atoms with Crippen LogP contribution in [0.25, 0.3) is 0 Å². The Hall–Kier alpha value is -2.07. The maximum absolute atomic E-state index is 12.0. The molecule has 0 bridgehead atoms. The molecule has 2 aromatic rings. The normalized spacial score (nSPS) is 11.6. The summed E-state index contributed by atoms with van der Waals surface area (Å²) in [4.78, 5) is -0.0999. The third-order valence-corrected chi connectivity index (χ3v) is 3.74. The minimum atomic E-state index is -3.76. The lowest BCUT2D eigenvalue weighted by Crippen LogP contribution is -2.13. The number of nitrogen functional groups attached to an aromatic ring is 1. The molecule has 0 fully saturated rings. The molecule has 2 aromatic heterocycles. The average molecular weight is 286 g/mol. The van der Waals surface area contributed by atoms with Crippen molar-refractivity contribution < 1.29 is 13.2 Å². The van der Waals surface area contributed by atoms with Gasteiger partial charge in [-0.2, -0.15) is 10.2 Å². The molecule has 0 aliphatic carbocycles. The lowest BCUT2D eigenvalue weighted by molar-refractivity contribution is 0.183. The SMILES string of the molecule is COCCn1cc(NS(=O)(=O)c2cn[nH]c2N)cn1. The Morgan fingerprint density at radius 1 is 1.53 bits per heavy atom. The second kappa shape index (κ2) is 5.28. The molecule has 10 heteroatoms. The van der Waals surface area contributed by atoms with Gasteiger partial charge in [-0.25, -0.2) is 8.42 Å². The summed E-state index contributed by atoms with van der Waals surface area (Å²) < 4.78 is 32.8. The standard InChI is InChI=1S/C9H14N6O3S/c1-18-3-2-15-6-7(4-12-15)14-19(16,17)8-5-11-13-9(8)10/h4-6,14H,2-3H2,1H3,(H3,10,11,13). The Morgan fingerprint density at radius 3 is 2.95 bits per heavy atom. The molecule has 2 heterocycles. The van der Waals surface area contributed by atoms with Crippen LogP contribution in [0.1, 0.15) is 0 Å². The quantitative estimate of drug-likeness (QED) is 0.665. The molecule has 0 saturated carbocycles. The molecule has 4 N–H and O–H groups in total. The van der Waals surface area contributed by atoms with Crippen molar-refractivity contribution in [2.45, 2.75) is 11.4 Å². The van der Waals surface area contributed by atoms with Crippen molar-refractivity contribution >= 4 is 21.5 Å². The predicted octanol–water partition coefficient (Wildman–Crippen LogP) is -0.364. The van der Waals surface area contributed by atoms with Crippen molar-refractivity contribution in [1.29, 1.82) is 0 Å². The highest BCUT2D eigenvalue weighted by Gasteiger charge is 2.19. The number of hydrogen-bond donors (Lipinski definition) is 3. The van der Waals surface area contributed by atoms with Gasteiger partial charge in [-0.1, -0.05) is 0 Å². The Kier molecular flexibility index (Phi) is 3.71. The van der Waals surface area contributed by atoms with Crippen molar-refractivity contribution in [2.75, 3.05) is 24.2 Å². The third-order valence-electron chi connectivity index (χ3n) is 2.33. The summed E-state index contributed by atoms with van der Waals surface area (Å²) >= 11 is 0. The van der Waals surface area contributed by atoms with Gasteiger partial charge in [0.05, 0.1) is 31.2 Å². The van der Waals surface area contributed by atoms with Crippen LogP contribution in [0.4, 0.5) is 11.5 Å². The number of nitrogens with zero attached hydrogens (tertiary/aromatic N) is 3. The fourth-order valence-corrected chi connectivity index (χ4v) is 2.49. The zero-order chi connectivity index (χ0) is 13.9. The largest absolute Gasteiger partial charge is 0.383 e. The molecule has 0 saturated heterocycles. The molecule has 0 aliphatic rings. The molecule has 0 amide bonds. The Morgan fingerprint density at radius 2 is 2.32 bits per heavy atom. The first-order valence-electron chi connectivity index (χ1n) is 5.36. The van der Waals surface area contributed by atoms with Crippen LogP contribution in [-0.4, -0.2) is 42.1 Å². The number of rotatable bonds is 6. The monoisotopic (exact) mass is 286 g/mol. The van der Waals surface area contributed by atoms with Crippen molar-refractivity contribution in [3.63, 3.8) is 0 Å². The van der Waals surface area contributed by atoms with Crippen LogP contribution in [-0.2, 0) is 21.3 Å². The number of aromatic nitrogens is 4. The van der Waals surface area contributed by atoms with E-state index in [-0.39, 0.29) is 10.7 Å². The Labute approximate surface area is 109 Å². The highest BCUT2D eigenvalue weighted by Crippen LogP contribution is 2.18. The van der Waals surface area contributed by atoms with E-state index in [0.717, 1.165) is 6.20 Å². The van der Waals surface area contributed by atoms with Gasteiger partial charge in [0.15, 0.2) is 0 Å². The van der Waals surface area contributed by atoms with Crippen LogP contribution in [0.3, 0.4) is 0 Å². The lowest BCUT2D eigenvalue weighted by Gasteiger charge is -2.03. The van der Waals surface area contributed by atoms with Gasteiger partial charge in [0.2, 0.25) is 0 Å². The third kappa shape index (κ3) is 3.03. The summed E-state index contributed by atoms with van der Waals surface area (Å²) in [6.45, 7) is 1.02. The van der Waals surface area contributed by atoms with Crippen molar-refractivity contribution in [1.82, 2.24) is 20.0 Å². The zero-order valence-corrected chi connectivity index (χ0v) is 11.0. The number of sulfonamides is 1. The first-order chi connectivity index (χ1) is 9.03.